The summed E-state index contributed by atoms with van der Waals surface area (Å²) in [5, 5.41) is 5.12. The Kier molecular flexibility index (Phi) is 3.80. The lowest BCUT2D eigenvalue weighted by molar-refractivity contribution is 0.0950. The predicted molar refractivity (Wildman–Crippen MR) is 88.2 cm³/mol. The Balaban J connectivity index is 1.78. The molecule has 0 radical (unpaired) electrons. The molecule has 0 saturated carbocycles. The molecule has 0 fully saturated rings. The first-order valence-electron chi connectivity index (χ1n) is 6.71. The van der Waals surface area contributed by atoms with Gasteiger partial charge in [0, 0.05) is 29.0 Å². The Hall–Kier alpha value is -2.07. The van der Waals surface area contributed by atoms with Gasteiger partial charge in [-0.2, -0.15) is 0 Å². The maximum Gasteiger partial charge on any atom is 0.251 e. The highest BCUT2D eigenvalue weighted by Gasteiger charge is 2.07. The van der Waals surface area contributed by atoms with E-state index in [-0.39, 0.29) is 5.91 Å². The lowest BCUT2D eigenvalue weighted by Crippen LogP contribution is -2.23. The monoisotopic (exact) mass is 342 g/mol. The minimum Gasteiger partial charge on any atom is -0.353 e. The summed E-state index contributed by atoms with van der Waals surface area (Å²) in [5.74, 6) is -0.0546. The van der Waals surface area contributed by atoms with E-state index < -0.39 is 0 Å². The van der Waals surface area contributed by atoms with Gasteiger partial charge >= 0.3 is 0 Å². The van der Waals surface area contributed by atoms with Gasteiger partial charge in [0.15, 0.2) is 0 Å². The highest BCUT2D eigenvalue weighted by molar-refractivity contribution is 9.10. The lowest BCUT2D eigenvalue weighted by atomic mass is 10.1. The van der Waals surface area contributed by atoms with Crippen LogP contribution >= 0.6 is 15.9 Å². The molecule has 0 spiro atoms. The SMILES string of the molecule is Cn1cccc1CNC(=O)c1ccc2cc(Br)ccc2c1. The molecule has 0 aliphatic heterocycles. The average Bonchev–Trinajstić information content (AvgIpc) is 2.89. The van der Waals surface area contributed by atoms with Gasteiger partial charge in [-0.05, 0) is 47.2 Å². The van der Waals surface area contributed by atoms with Gasteiger partial charge in [0.25, 0.3) is 5.91 Å². The third kappa shape index (κ3) is 3.00. The molecule has 0 unspecified atom stereocenters. The number of hydrogen-bond donors (Lipinski definition) is 1. The van der Waals surface area contributed by atoms with E-state index in [2.05, 4.69) is 21.2 Å². The van der Waals surface area contributed by atoms with Crippen LogP contribution in [0.4, 0.5) is 0 Å². The molecule has 2 aromatic carbocycles. The zero-order valence-electron chi connectivity index (χ0n) is 11.6. The molecular formula is C17H15BrN2O. The third-order valence-electron chi connectivity index (χ3n) is 3.55. The number of carbonyl (C=O) groups is 1. The van der Waals surface area contributed by atoms with Crippen molar-refractivity contribution in [3.63, 3.8) is 0 Å². The van der Waals surface area contributed by atoms with Crippen LogP contribution in [0.3, 0.4) is 0 Å². The van der Waals surface area contributed by atoms with Gasteiger partial charge in [-0.1, -0.05) is 28.1 Å². The molecule has 1 N–H and O–H groups in total. The number of nitrogens with one attached hydrogen (secondary N) is 1. The van der Waals surface area contributed by atoms with E-state index in [9.17, 15) is 4.79 Å². The second-order valence-electron chi connectivity index (χ2n) is 5.00. The summed E-state index contributed by atoms with van der Waals surface area (Å²) in [4.78, 5) is 12.2. The Morgan fingerprint density at radius 1 is 1.14 bits per heavy atom. The molecule has 3 nitrogen and oxygen atoms in total. The zero-order valence-corrected chi connectivity index (χ0v) is 13.2. The summed E-state index contributed by atoms with van der Waals surface area (Å²) in [6, 6.07) is 15.7. The average molecular weight is 343 g/mol. The largest absolute Gasteiger partial charge is 0.353 e. The van der Waals surface area contributed by atoms with Crippen LogP contribution in [0.15, 0.2) is 59.2 Å². The summed E-state index contributed by atoms with van der Waals surface area (Å²) >= 11 is 3.45. The maximum absolute atomic E-state index is 12.2. The Morgan fingerprint density at radius 3 is 2.67 bits per heavy atom. The highest BCUT2D eigenvalue weighted by Crippen LogP contribution is 2.21. The van der Waals surface area contributed by atoms with E-state index in [1.54, 1.807) is 0 Å². The quantitative estimate of drug-likeness (QED) is 0.770. The molecule has 0 aliphatic rings. The molecule has 106 valence electrons. The van der Waals surface area contributed by atoms with E-state index in [1.165, 1.54) is 0 Å². The molecule has 21 heavy (non-hydrogen) atoms. The summed E-state index contributed by atoms with van der Waals surface area (Å²) in [6.07, 6.45) is 1.97. The fourth-order valence-corrected chi connectivity index (χ4v) is 2.69. The summed E-state index contributed by atoms with van der Waals surface area (Å²) in [5.41, 5.74) is 1.76. The predicted octanol–water partition coefficient (Wildman–Crippen LogP) is 3.87. The van der Waals surface area contributed by atoms with Crippen molar-refractivity contribution in [3.05, 3.63) is 70.5 Å². The molecule has 0 saturated heterocycles. The van der Waals surface area contributed by atoms with E-state index in [0.717, 1.165) is 20.9 Å². The summed E-state index contributed by atoms with van der Waals surface area (Å²) < 4.78 is 3.04. The van der Waals surface area contributed by atoms with E-state index >= 15 is 0 Å². The number of nitrogens with zero attached hydrogens (tertiary/aromatic N) is 1. The van der Waals surface area contributed by atoms with Gasteiger partial charge in [-0.25, -0.2) is 0 Å². The second-order valence-corrected chi connectivity index (χ2v) is 5.92. The number of aromatic nitrogens is 1. The van der Waals surface area contributed by atoms with E-state index in [1.807, 2.05) is 66.3 Å². The molecule has 1 aromatic heterocycles. The van der Waals surface area contributed by atoms with Crippen molar-refractivity contribution in [2.45, 2.75) is 6.54 Å². The summed E-state index contributed by atoms with van der Waals surface area (Å²) in [7, 11) is 1.97. The van der Waals surface area contributed by atoms with Gasteiger partial charge in [-0.3, -0.25) is 4.79 Å². The second kappa shape index (κ2) is 5.74. The Morgan fingerprint density at radius 2 is 1.90 bits per heavy atom. The molecule has 0 atom stereocenters. The van der Waals surface area contributed by atoms with Gasteiger partial charge in [0.05, 0.1) is 6.54 Å². The number of carbonyl (C=O) groups excluding carboxylic acids is 1. The topological polar surface area (TPSA) is 34.0 Å². The minimum atomic E-state index is -0.0546. The lowest BCUT2D eigenvalue weighted by Gasteiger charge is -2.07. The van der Waals surface area contributed by atoms with E-state index in [4.69, 9.17) is 0 Å². The third-order valence-corrected chi connectivity index (χ3v) is 4.04. The van der Waals surface area contributed by atoms with Gasteiger partial charge in [0.1, 0.15) is 0 Å². The number of aryl methyl sites for hydroxylation is 1. The molecule has 4 heteroatoms. The van der Waals surface area contributed by atoms with Crippen molar-refractivity contribution in [1.29, 1.82) is 0 Å². The molecule has 1 amide bonds. The maximum atomic E-state index is 12.2. The van der Waals surface area contributed by atoms with E-state index in [0.29, 0.717) is 12.1 Å². The van der Waals surface area contributed by atoms with Crippen molar-refractivity contribution in [2.75, 3.05) is 0 Å². The number of halogens is 1. The Bertz CT molecular complexity index is 807. The molecular weight excluding hydrogens is 328 g/mol. The molecule has 1 heterocycles. The van der Waals surface area contributed by atoms with Crippen molar-refractivity contribution in [1.82, 2.24) is 9.88 Å². The number of fused-ring (bicyclic) bond motifs is 1. The van der Waals surface area contributed by atoms with Gasteiger partial charge < -0.3 is 9.88 Å². The van der Waals surface area contributed by atoms with Crippen LogP contribution < -0.4 is 5.32 Å². The normalized spacial score (nSPS) is 10.8. The van der Waals surface area contributed by atoms with Crippen LogP contribution in [0.2, 0.25) is 0 Å². The molecule has 3 rings (SSSR count). The van der Waals surface area contributed by atoms with Gasteiger partial charge in [0.2, 0.25) is 0 Å². The number of rotatable bonds is 3. The van der Waals surface area contributed by atoms with Crippen LogP contribution in [0.5, 0.6) is 0 Å². The van der Waals surface area contributed by atoms with Crippen molar-refractivity contribution >= 4 is 32.6 Å². The van der Waals surface area contributed by atoms with Crippen LogP contribution in [0.25, 0.3) is 10.8 Å². The molecule has 0 aliphatic carbocycles. The van der Waals surface area contributed by atoms with Crippen molar-refractivity contribution < 1.29 is 4.79 Å². The van der Waals surface area contributed by atoms with Crippen LogP contribution in [-0.4, -0.2) is 10.5 Å². The number of benzene rings is 2. The minimum absolute atomic E-state index is 0.0546. The fraction of sp³-hybridized carbons (Fsp3) is 0.118. The standard InChI is InChI=1S/C17H15BrN2O/c1-20-8-2-3-16(20)11-19-17(21)14-5-4-13-10-15(18)7-6-12(13)9-14/h2-10H,11H2,1H3,(H,19,21). The smallest absolute Gasteiger partial charge is 0.251 e. The number of amides is 1. The van der Waals surface area contributed by atoms with Crippen molar-refractivity contribution in [2.24, 2.45) is 7.05 Å². The van der Waals surface area contributed by atoms with Crippen LogP contribution in [0, 0.1) is 0 Å². The fourth-order valence-electron chi connectivity index (χ4n) is 2.31. The summed E-state index contributed by atoms with van der Waals surface area (Å²) in [6.45, 7) is 0.528. The number of hydrogen-bond acceptors (Lipinski definition) is 1. The van der Waals surface area contributed by atoms with Gasteiger partial charge in [-0.15, -0.1) is 0 Å². The Labute approximate surface area is 131 Å². The molecule has 3 aromatic rings. The zero-order chi connectivity index (χ0) is 14.8. The molecule has 0 bridgehead atoms. The van der Waals surface area contributed by atoms with Crippen LogP contribution in [-0.2, 0) is 13.6 Å². The first kappa shape index (κ1) is 13.9. The van der Waals surface area contributed by atoms with Crippen molar-refractivity contribution in [3.8, 4) is 0 Å². The first-order valence-corrected chi connectivity index (χ1v) is 7.50. The first-order chi connectivity index (χ1) is 10.1. The van der Waals surface area contributed by atoms with Crippen LogP contribution in [0.1, 0.15) is 16.1 Å². The highest BCUT2D eigenvalue weighted by atomic mass is 79.9.